The van der Waals surface area contributed by atoms with Gasteiger partial charge in [0, 0.05) is 18.0 Å². The van der Waals surface area contributed by atoms with Gasteiger partial charge < -0.3 is 16.4 Å². The zero-order valence-electron chi connectivity index (χ0n) is 16.7. The molecule has 1 aliphatic rings. The van der Waals surface area contributed by atoms with E-state index in [9.17, 15) is 14.4 Å². The molecule has 0 unspecified atom stereocenters. The van der Waals surface area contributed by atoms with Gasteiger partial charge in [-0.2, -0.15) is 0 Å². The van der Waals surface area contributed by atoms with Gasteiger partial charge in [0.05, 0.1) is 17.9 Å². The minimum Gasteiger partial charge on any atom is -0.368 e. The number of hydrogen-bond donors (Lipinski definition) is 3. The molecule has 158 valence electrons. The van der Waals surface area contributed by atoms with Crippen molar-refractivity contribution >= 4 is 17.7 Å². The molecule has 1 saturated carbocycles. The maximum absolute atomic E-state index is 12.8. The van der Waals surface area contributed by atoms with Crippen molar-refractivity contribution in [2.75, 3.05) is 6.54 Å². The van der Waals surface area contributed by atoms with Gasteiger partial charge in [-0.3, -0.25) is 14.4 Å². The Balaban J connectivity index is 1.42. The Morgan fingerprint density at radius 3 is 2.32 bits per heavy atom. The molecular weight excluding hydrogens is 396 g/mol. The summed E-state index contributed by atoms with van der Waals surface area (Å²) < 4.78 is 1.74. The number of para-hydroxylation sites is 1. The van der Waals surface area contributed by atoms with Gasteiger partial charge in [0.25, 0.3) is 11.8 Å². The zero-order valence-corrected chi connectivity index (χ0v) is 16.7. The second-order valence-electron chi connectivity index (χ2n) is 7.37. The standard InChI is InChI=1S/C22H22N6O3/c23-18(29)13-25-21(30)16-8-6-14(7-9-16)12-24-22(31)19-20(15-10-11-15)28(27-26-19)17-4-2-1-3-5-17/h1-9,15H,10-13H2,(H2,23,29)(H,24,31)(H,25,30). The van der Waals surface area contributed by atoms with Gasteiger partial charge >= 0.3 is 0 Å². The summed E-state index contributed by atoms with van der Waals surface area (Å²) in [7, 11) is 0. The van der Waals surface area contributed by atoms with E-state index in [0.29, 0.717) is 11.3 Å². The molecule has 4 rings (SSSR count). The Morgan fingerprint density at radius 1 is 0.968 bits per heavy atom. The summed E-state index contributed by atoms with van der Waals surface area (Å²) >= 11 is 0. The van der Waals surface area contributed by atoms with Crippen molar-refractivity contribution in [3.05, 3.63) is 77.1 Å². The maximum Gasteiger partial charge on any atom is 0.274 e. The van der Waals surface area contributed by atoms with Crippen LogP contribution in [0.1, 0.15) is 50.9 Å². The maximum atomic E-state index is 12.8. The molecule has 3 amide bonds. The number of nitrogens with one attached hydrogen (secondary N) is 2. The summed E-state index contributed by atoms with van der Waals surface area (Å²) in [5.41, 5.74) is 8.30. The fraction of sp³-hybridized carbons (Fsp3) is 0.227. The smallest absolute Gasteiger partial charge is 0.274 e. The van der Waals surface area contributed by atoms with E-state index in [1.165, 1.54) is 0 Å². The lowest BCUT2D eigenvalue weighted by Crippen LogP contribution is -2.33. The van der Waals surface area contributed by atoms with E-state index < -0.39 is 5.91 Å². The number of carbonyl (C=O) groups is 3. The highest BCUT2D eigenvalue weighted by Gasteiger charge is 2.34. The number of carbonyl (C=O) groups excluding carboxylic acids is 3. The van der Waals surface area contributed by atoms with Crippen LogP contribution in [0.2, 0.25) is 0 Å². The third-order valence-electron chi connectivity index (χ3n) is 4.98. The monoisotopic (exact) mass is 418 g/mol. The predicted octanol–water partition coefficient (Wildman–Crippen LogP) is 1.29. The lowest BCUT2D eigenvalue weighted by Gasteiger charge is -2.08. The quantitative estimate of drug-likeness (QED) is 0.507. The topological polar surface area (TPSA) is 132 Å². The number of rotatable bonds is 8. The SMILES string of the molecule is NC(=O)CNC(=O)c1ccc(CNC(=O)c2nnn(-c3ccccc3)c2C2CC2)cc1. The Morgan fingerprint density at radius 2 is 1.68 bits per heavy atom. The Hall–Kier alpha value is -4.01. The van der Waals surface area contributed by atoms with Gasteiger partial charge in [-0.1, -0.05) is 35.5 Å². The summed E-state index contributed by atoms with van der Waals surface area (Å²) in [4.78, 5) is 35.5. The molecule has 9 heteroatoms. The number of primary amides is 1. The first kappa shape index (κ1) is 20.3. The van der Waals surface area contributed by atoms with Crippen LogP contribution in [0, 0.1) is 0 Å². The van der Waals surface area contributed by atoms with Crippen molar-refractivity contribution in [3.63, 3.8) is 0 Å². The van der Waals surface area contributed by atoms with Crippen LogP contribution in [0.25, 0.3) is 5.69 Å². The van der Waals surface area contributed by atoms with Gasteiger partial charge in [0.15, 0.2) is 5.69 Å². The molecule has 0 atom stereocenters. The molecule has 1 heterocycles. The summed E-state index contributed by atoms with van der Waals surface area (Å²) in [6, 6.07) is 16.4. The van der Waals surface area contributed by atoms with E-state index in [1.54, 1.807) is 28.9 Å². The lowest BCUT2D eigenvalue weighted by molar-refractivity contribution is -0.117. The molecule has 1 fully saturated rings. The van der Waals surface area contributed by atoms with Crippen molar-refractivity contribution in [1.29, 1.82) is 0 Å². The van der Waals surface area contributed by atoms with Crippen molar-refractivity contribution in [2.24, 2.45) is 5.73 Å². The van der Waals surface area contributed by atoms with Gasteiger partial charge in [-0.25, -0.2) is 4.68 Å². The molecular formula is C22H22N6O3. The number of benzene rings is 2. The molecule has 9 nitrogen and oxygen atoms in total. The summed E-state index contributed by atoms with van der Waals surface area (Å²) in [6.45, 7) is 0.0634. The van der Waals surface area contributed by atoms with Crippen molar-refractivity contribution < 1.29 is 14.4 Å². The normalized spacial score (nSPS) is 12.9. The molecule has 2 aromatic carbocycles. The van der Waals surface area contributed by atoms with E-state index in [-0.39, 0.29) is 30.8 Å². The van der Waals surface area contributed by atoms with Crippen molar-refractivity contribution in [3.8, 4) is 5.69 Å². The molecule has 0 saturated heterocycles. The van der Waals surface area contributed by atoms with Crippen LogP contribution in [0.5, 0.6) is 0 Å². The molecule has 1 aromatic heterocycles. The highest BCUT2D eigenvalue weighted by molar-refractivity contribution is 5.96. The predicted molar refractivity (Wildman–Crippen MR) is 112 cm³/mol. The first-order chi connectivity index (χ1) is 15.0. The molecule has 3 aromatic rings. The fourth-order valence-corrected chi connectivity index (χ4v) is 3.24. The van der Waals surface area contributed by atoms with Crippen LogP contribution in [0.3, 0.4) is 0 Å². The Labute approximate surface area is 178 Å². The number of amides is 3. The van der Waals surface area contributed by atoms with Crippen LogP contribution in [-0.4, -0.2) is 39.3 Å². The molecule has 0 aliphatic heterocycles. The average Bonchev–Trinajstić information content (AvgIpc) is 3.54. The van der Waals surface area contributed by atoms with Gasteiger partial charge in [0.2, 0.25) is 5.91 Å². The van der Waals surface area contributed by atoms with E-state index >= 15 is 0 Å². The van der Waals surface area contributed by atoms with E-state index in [4.69, 9.17) is 5.73 Å². The molecule has 0 bridgehead atoms. The summed E-state index contributed by atoms with van der Waals surface area (Å²) in [6.07, 6.45) is 2.03. The first-order valence-electron chi connectivity index (χ1n) is 9.97. The van der Waals surface area contributed by atoms with E-state index in [0.717, 1.165) is 29.8 Å². The summed E-state index contributed by atoms with van der Waals surface area (Å²) in [5.74, 6) is -0.995. The first-order valence-corrected chi connectivity index (χ1v) is 9.97. The molecule has 1 aliphatic carbocycles. The van der Waals surface area contributed by atoms with Crippen LogP contribution < -0.4 is 16.4 Å². The number of nitrogens with zero attached hydrogens (tertiary/aromatic N) is 3. The fourth-order valence-electron chi connectivity index (χ4n) is 3.24. The highest BCUT2D eigenvalue weighted by Crippen LogP contribution is 2.41. The molecule has 31 heavy (non-hydrogen) atoms. The van der Waals surface area contributed by atoms with E-state index in [2.05, 4.69) is 20.9 Å². The second kappa shape index (κ2) is 8.78. The van der Waals surface area contributed by atoms with Crippen LogP contribution in [0.15, 0.2) is 54.6 Å². The van der Waals surface area contributed by atoms with Crippen molar-refractivity contribution in [2.45, 2.75) is 25.3 Å². The van der Waals surface area contributed by atoms with Crippen LogP contribution >= 0.6 is 0 Å². The highest BCUT2D eigenvalue weighted by atomic mass is 16.2. The Bertz CT molecular complexity index is 1100. The van der Waals surface area contributed by atoms with Gasteiger partial charge in [-0.05, 0) is 42.7 Å². The van der Waals surface area contributed by atoms with Crippen LogP contribution in [-0.2, 0) is 11.3 Å². The summed E-state index contributed by atoms with van der Waals surface area (Å²) in [5, 5.41) is 13.7. The molecule has 4 N–H and O–H groups in total. The largest absolute Gasteiger partial charge is 0.368 e. The van der Waals surface area contributed by atoms with E-state index in [1.807, 2.05) is 30.3 Å². The Kier molecular flexibility index (Phi) is 5.74. The lowest BCUT2D eigenvalue weighted by atomic mass is 10.1. The molecule has 0 spiro atoms. The third kappa shape index (κ3) is 4.77. The second-order valence-corrected chi connectivity index (χ2v) is 7.37. The minimum atomic E-state index is -0.609. The average molecular weight is 418 g/mol. The third-order valence-corrected chi connectivity index (χ3v) is 4.98. The minimum absolute atomic E-state index is 0.219. The number of nitrogens with two attached hydrogens (primary N) is 1. The molecule has 0 radical (unpaired) electrons. The number of aromatic nitrogens is 3. The van der Waals surface area contributed by atoms with Gasteiger partial charge in [-0.15, -0.1) is 5.10 Å². The van der Waals surface area contributed by atoms with Crippen molar-refractivity contribution in [1.82, 2.24) is 25.6 Å². The van der Waals surface area contributed by atoms with Gasteiger partial charge in [0.1, 0.15) is 0 Å². The zero-order chi connectivity index (χ0) is 21.8. The number of hydrogen-bond acceptors (Lipinski definition) is 5. The van der Waals surface area contributed by atoms with Crippen LogP contribution in [0.4, 0.5) is 0 Å².